The van der Waals surface area contributed by atoms with Crippen molar-refractivity contribution in [1.82, 2.24) is 4.98 Å². The van der Waals surface area contributed by atoms with E-state index in [1.807, 2.05) is 52.0 Å². The van der Waals surface area contributed by atoms with Crippen LogP contribution in [0.2, 0.25) is 0 Å². The minimum absolute atomic E-state index is 0.158. The van der Waals surface area contributed by atoms with Gasteiger partial charge >= 0.3 is 7.12 Å². The minimum Gasteiger partial charge on any atom is -0.468 e. The summed E-state index contributed by atoms with van der Waals surface area (Å²) in [6.07, 6.45) is 1.76. The van der Waals surface area contributed by atoms with E-state index in [0.717, 1.165) is 16.4 Å². The number of fused-ring (bicyclic) bond motifs is 1. The van der Waals surface area contributed by atoms with Crippen molar-refractivity contribution in [3.05, 3.63) is 30.5 Å². The van der Waals surface area contributed by atoms with Crippen molar-refractivity contribution in [2.45, 2.75) is 38.9 Å². The van der Waals surface area contributed by atoms with Gasteiger partial charge in [0, 0.05) is 30.2 Å². The number of rotatable bonds is 4. The molecule has 0 saturated carbocycles. The van der Waals surface area contributed by atoms with Gasteiger partial charge < -0.3 is 18.8 Å². The predicted molar refractivity (Wildman–Crippen MR) is 90.0 cm³/mol. The van der Waals surface area contributed by atoms with Crippen LogP contribution in [0.3, 0.4) is 0 Å². The molecular formula is C17H22BNO4. The zero-order valence-corrected chi connectivity index (χ0v) is 14.3. The molecule has 0 radical (unpaired) electrons. The monoisotopic (exact) mass is 315 g/mol. The number of hydrogen-bond donors (Lipinski definition) is 0. The van der Waals surface area contributed by atoms with E-state index in [9.17, 15) is 0 Å². The molecule has 23 heavy (non-hydrogen) atoms. The Morgan fingerprint density at radius 1 is 1.13 bits per heavy atom. The molecule has 1 saturated heterocycles. The summed E-state index contributed by atoms with van der Waals surface area (Å²) in [6, 6.07) is 7.83. The van der Waals surface area contributed by atoms with Crippen LogP contribution in [0.1, 0.15) is 27.7 Å². The molecule has 0 amide bonds. The summed E-state index contributed by atoms with van der Waals surface area (Å²) in [5.74, 6) is 0.663. The van der Waals surface area contributed by atoms with Crippen LogP contribution in [-0.4, -0.2) is 37.2 Å². The third kappa shape index (κ3) is 2.94. The van der Waals surface area contributed by atoms with Gasteiger partial charge in [0.1, 0.15) is 5.75 Å². The van der Waals surface area contributed by atoms with Crippen LogP contribution >= 0.6 is 0 Å². The standard InChI is InChI=1S/C17H22BNO4/c1-16(2)17(3,4)23-18(22-16)13-9-12-7-6-8-19-14(12)10-15(13)21-11-20-5/h6-10H,11H2,1-5H3. The summed E-state index contributed by atoms with van der Waals surface area (Å²) in [4.78, 5) is 4.37. The van der Waals surface area contributed by atoms with Gasteiger partial charge in [-0.3, -0.25) is 4.98 Å². The van der Waals surface area contributed by atoms with E-state index < -0.39 is 18.3 Å². The molecule has 2 aromatic rings. The molecule has 6 heteroatoms. The summed E-state index contributed by atoms with van der Waals surface area (Å²) >= 11 is 0. The average Bonchev–Trinajstić information content (AvgIpc) is 2.72. The third-order valence-electron chi connectivity index (χ3n) is 4.57. The Labute approximate surface area is 137 Å². The second-order valence-corrected chi connectivity index (χ2v) is 6.73. The molecule has 3 rings (SSSR count). The Hall–Kier alpha value is -1.63. The SMILES string of the molecule is COCOc1cc2ncccc2cc1B1OC(C)(C)C(C)(C)O1. The van der Waals surface area contributed by atoms with Gasteiger partial charge in [0.25, 0.3) is 0 Å². The number of pyridine rings is 1. The zero-order valence-electron chi connectivity index (χ0n) is 14.3. The maximum absolute atomic E-state index is 6.16. The molecule has 0 spiro atoms. The van der Waals surface area contributed by atoms with Crippen molar-refractivity contribution >= 4 is 23.5 Å². The fraction of sp³-hybridized carbons (Fsp3) is 0.471. The number of benzene rings is 1. The Balaban J connectivity index is 2.05. The lowest BCUT2D eigenvalue weighted by Crippen LogP contribution is -2.41. The third-order valence-corrected chi connectivity index (χ3v) is 4.57. The van der Waals surface area contributed by atoms with E-state index in [1.54, 1.807) is 13.3 Å². The summed E-state index contributed by atoms with van der Waals surface area (Å²) in [5.41, 5.74) is 0.903. The highest BCUT2D eigenvalue weighted by molar-refractivity contribution is 6.63. The smallest absolute Gasteiger partial charge is 0.468 e. The molecular weight excluding hydrogens is 293 g/mol. The normalized spacial score (nSPS) is 19.3. The predicted octanol–water partition coefficient (Wildman–Crippen LogP) is 2.52. The van der Waals surface area contributed by atoms with Gasteiger partial charge in [0.15, 0.2) is 6.79 Å². The van der Waals surface area contributed by atoms with Crippen LogP contribution in [0.4, 0.5) is 0 Å². The number of aromatic nitrogens is 1. The van der Waals surface area contributed by atoms with Crippen molar-refractivity contribution in [3.63, 3.8) is 0 Å². The second kappa shape index (κ2) is 5.78. The maximum Gasteiger partial charge on any atom is 0.498 e. The Kier molecular flexibility index (Phi) is 4.08. The van der Waals surface area contributed by atoms with E-state index in [0.29, 0.717) is 5.75 Å². The number of hydrogen-bond acceptors (Lipinski definition) is 5. The van der Waals surface area contributed by atoms with Gasteiger partial charge in [0.2, 0.25) is 0 Å². The van der Waals surface area contributed by atoms with Gasteiger partial charge in [-0.25, -0.2) is 0 Å². The molecule has 1 aromatic heterocycles. The highest BCUT2D eigenvalue weighted by atomic mass is 16.7. The minimum atomic E-state index is -0.489. The van der Waals surface area contributed by atoms with Crippen molar-refractivity contribution in [1.29, 1.82) is 0 Å². The quantitative estimate of drug-likeness (QED) is 0.641. The van der Waals surface area contributed by atoms with Gasteiger partial charge in [-0.05, 0) is 39.8 Å². The molecule has 1 aliphatic heterocycles. The second-order valence-electron chi connectivity index (χ2n) is 6.73. The largest absolute Gasteiger partial charge is 0.498 e. The zero-order chi connectivity index (χ0) is 16.7. The molecule has 0 aliphatic carbocycles. The van der Waals surface area contributed by atoms with E-state index in [2.05, 4.69) is 4.98 Å². The van der Waals surface area contributed by atoms with Gasteiger partial charge in [-0.1, -0.05) is 6.07 Å². The highest BCUT2D eigenvalue weighted by Gasteiger charge is 2.52. The first kappa shape index (κ1) is 16.2. The van der Waals surface area contributed by atoms with E-state index in [4.69, 9.17) is 18.8 Å². The molecule has 122 valence electrons. The van der Waals surface area contributed by atoms with Crippen LogP contribution in [0.25, 0.3) is 10.9 Å². The van der Waals surface area contributed by atoms with Crippen LogP contribution in [0, 0.1) is 0 Å². The fourth-order valence-corrected chi connectivity index (χ4v) is 2.52. The first-order valence-corrected chi connectivity index (χ1v) is 7.70. The summed E-state index contributed by atoms with van der Waals surface area (Å²) in [5, 5.41) is 1.02. The molecule has 1 fully saturated rings. The first-order chi connectivity index (χ1) is 10.8. The van der Waals surface area contributed by atoms with Crippen molar-refractivity contribution in [3.8, 4) is 5.75 Å². The fourth-order valence-electron chi connectivity index (χ4n) is 2.52. The molecule has 5 nitrogen and oxygen atoms in total. The topological polar surface area (TPSA) is 49.8 Å². The number of methoxy groups -OCH3 is 1. The molecule has 0 bridgehead atoms. The first-order valence-electron chi connectivity index (χ1n) is 7.70. The van der Waals surface area contributed by atoms with Gasteiger partial charge in [-0.2, -0.15) is 0 Å². The summed E-state index contributed by atoms with van der Waals surface area (Å²) < 4.78 is 23.1. The van der Waals surface area contributed by atoms with Gasteiger partial charge in [0.05, 0.1) is 16.7 Å². The Morgan fingerprint density at radius 2 is 1.83 bits per heavy atom. The van der Waals surface area contributed by atoms with Crippen LogP contribution in [0.5, 0.6) is 5.75 Å². The van der Waals surface area contributed by atoms with Gasteiger partial charge in [-0.15, -0.1) is 0 Å². The van der Waals surface area contributed by atoms with Crippen LogP contribution in [0.15, 0.2) is 30.5 Å². The van der Waals surface area contributed by atoms with Crippen molar-refractivity contribution < 1.29 is 18.8 Å². The average molecular weight is 315 g/mol. The molecule has 0 unspecified atom stereocenters. The molecule has 2 heterocycles. The van der Waals surface area contributed by atoms with E-state index >= 15 is 0 Å². The van der Waals surface area contributed by atoms with E-state index in [1.165, 1.54) is 0 Å². The lowest BCUT2D eigenvalue weighted by molar-refractivity contribution is 0.00578. The lowest BCUT2D eigenvalue weighted by atomic mass is 9.77. The number of nitrogens with zero attached hydrogens (tertiary/aromatic N) is 1. The van der Waals surface area contributed by atoms with Crippen LogP contribution < -0.4 is 10.2 Å². The number of ether oxygens (including phenoxy) is 2. The molecule has 0 N–H and O–H groups in total. The van der Waals surface area contributed by atoms with Crippen molar-refractivity contribution in [2.24, 2.45) is 0 Å². The maximum atomic E-state index is 6.16. The van der Waals surface area contributed by atoms with E-state index in [-0.39, 0.29) is 6.79 Å². The Morgan fingerprint density at radius 3 is 2.48 bits per heavy atom. The molecule has 1 aliphatic rings. The Bertz CT molecular complexity index is 701. The lowest BCUT2D eigenvalue weighted by Gasteiger charge is -2.32. The van der Waals surface area contributed by atoms with Crippen molar-refractivity contribution in [2.75, 3.05) is 13.9 Å². The highest BCUT2D eigenvalue weighted by Crippen LogP contribution is 2.37. The summed E-state index contributed by atoms with van der Waals surface area (Å²) in [7, 11) is 1.10. The van der Waals surface area contributed by atoms with Crippen LogP contribution in [-0.2, 0) is 14.0 Å². The summed E-state index contributed by atoms with van der Waals surface area (Å²) in [6.45, 7) is 8.29. The molecule has 1 aromatic carbocycles. The molecule has 0 atom stereocenters.